The van der Waals surface area contributed by atoms with Crippen LogP contribution in [0.3, 0.4) is 0 Å². The van der Waals surface area contributed by atoms with Gasteiger partial charge in [0.15, 0.2) is 0 Å². The quantitative estimate of drug-likeness (QED) is 0.801. The fourth-order valence-corrected chi connectivity index (χ4v) is 3.59. The number of rotatable bonds is 2. The third kappa shape index (κ3) is 2.63. The lowest BCUT2D eigenvalue weighted by molar-refractivity contribution is -0.144. The van der Waals surface area contributed by atoms with Gasteiger partial charge < -0.3 is 9.64 Å². The number of carbonyl (C=O) groups excluding carboxylic acids is 2. The molecule has 0 spiro atoms. The van der Waals surface area contributed by atoms with E-state index in [1.54, 1.807) is 17.0 Å². The molecule has 1 aliphatic rings. The molecule has 1 fully saturated rings. The van der Waals surface area contributed by atoms with Gasteiger partial charge in [-0.25, -0.2) is 4.39 Å². The first-order chi connectivity index (χ1) is 10.1. The fraction of sp³-hybridized carbons (Fsp3) is 0.333. The lowest BCUT2D eigenvalue weighted by Crippen LogP contribution is -2.29. The molecule has 1 aromatic heterocycles. The second-order valence-corrected chi connectivity index (χ2v) is 6.14. The number of fused-ring (bicyclic) bond motifs is 1. The Hall–Kier alpha value is -1.95. The van der Waals surface area contributed by atoms with E-state index in [-0.39, 0.29) is 23.6 Å². The zero-order valence-corrected chi connectivity index (χ0v) is 12.3. The molecular formula is C15H14FNO3S. The van der Waals surface area contributed by atoms with Crippen molar-refractivity contribution in [2.24, 2.45) is 5.92 Å². The van der Waals surface area contributed by atoms with Crippen molar-refractivity contribution in [1.29, 1.82) is 0 Å². The molecule has 1 unspecified atom stereocenters. The zero-order valence-electron chi connectivity index (χ0n) is 11.5. The lowest BCUT2D eigenvalue weighted by Gasteiger charge is -2.14. The SMILES string of the molecule is COC(=O)C1CCN(C(=O)c2cc3cc(F)ccc3s2)C1. The Morgan fingerprint density at radius 1 is 1.38 bits per heavy atom. The Labute approximate surface area is 125 Å². The summed E-state index contributed by atoms with van der Waals surface area (Å²) >= 11 is 1.34. The minimum atomic E-state index is -0.314. The third-order valence-electron chi connectivity index (χ3n) is 3.70. The van der Waals surface area contributed by atoms with Gasteiger partial charge in [-0.3, -0.25) is 9.59 Å². The van der Waals surface area contributed by atoms with E-state index in [2.05, 4.69) is 0 Å². The molecule has 0 N–H and O–H groups in total. The van der Waals surface area contributed by atoms with E-state index in [0.29, 0.717) is 24.4 Å². The minimum Gasteiger partial charge on any atom is -0.469 e. The van der Waals surface area contributed by atoms with Gasteiger partial charge in [0.2, 0.25) is 0 Å². The van der Waals surface area contributed by atoms with Gasteiger partial charge in [-0.15, -0.1) is 11.3 Å². The van der Waals surface area contributed by atoms with Gasteiger partial charge >= 0.3 is 5.97 Å². The lowest BCUT2D eigenvalue weighted by atomic mass is 10.1. The minimum absolute atomic E-state index is 0.108. The molecule has 1 amide bonds. The maximum absolute atomic E-state index is 13.2. The van der Waals surface area contributed by atoms with Crippen LogP contribution in [-0.2, 0) is 9.53 Å². The molecule has 0 radical (unpaired) electrons. The number of benzene rings is 1. The van der Waals surface area contributed by atoms with E-state index in [4.69, 9.17) is 4.74 Å². The van der Waals surface area contributed by atoms with Crippen LogP contribution in [0.5, 0.6) is 0 Å². The third-order valence-corrected chi connectivity index (χ3v) is 4.80. The second-order valence-electron chi connectivity index (χ2n) is 5.05. The number of carbonyl (C=O) groups is 2. The Bertz CT molecular complexity index is 712. The van der Waals surface area contributed by atoms with E-state index >= 15 is 0 Å². The maximum Gasteiger partial charge on any atom is 0.310 e. The molecule has 110 valence electrons. The van der Waals surface area contributed by atoms with E-state index in [1.165, 1.54) is 30.6 Å². The highest BCUT2D eigenvalue weighted by Crippen LogP contribution is 2.29. The van der Waals surface area contributed by atoms with Crippen LogP contribution in [0.1, 0.15) is 16.1 Å². The van der Waals surface area contributed by atoms with Crippen LogP contribution in [0.25, 0.3) is 10.1 Å². The zero-order chi connectivity index (χ0) is 15.0. The molecule has 1 atom stereocenters. The van der Waals surface area contributed by atoms with E-state index in [0.717, 1.165) is 10.1 Å². The molecule has 2 heterocycles. The highest BCUT2D eigenvalue weighted by molar-refractivity contribution is 7.20. The molecule has 1 saturated heterocycles. The number of esters is 1. The number of thiophene rings is 1. The molecule has 3 rings (SSSR count). The van der Waals surface area contributed by atoms with Gasteiger partial charge in [0.05, 0.1) is 17.9 Å². The molecule has 6 heteroatoms. The highest BCUT2D eigenvalue weighted by atomic mass is 32.1. The summed E-state index contributed by atoms with van der Waals surface area (Å²) in [5.74, 6) is -0.941. The van der Waals surface area contributed by atoms with Gasteiger partial charge in [0, 0.05) is 17.8 Å². The van der Waals surface area contributed by atoms with Crippen molar-refractivity contribution in [3.8, 4) is 0 Å². The molecular weight excluding hydrogens is 293 g/mol. The topological polar surface area (TPSA) is 46.6 Å². The van der Waals surface area contributed by atoms with Crippen molar-refractivity contribution >= 4 is 33.3 Å². The van der Waals surface area contributed by atoms with Crippen molar-refractivity contribution in [2.45, 2.75) is 6.42 Å². The molecule has 1 aliphatic heterocycles. The molecule has 1 aromatic carbocycles. The molecule has 21 heavy (non-hydrogen) atoms. The Morgan fingerprint density at radius 3 is 2.95 bits per heavy atom. The number of hydrogen-bond donors (Lipinski definition) is 0. The number of likely N-dealkylation sites (tertiary alicyclic amines) is 1. The van der Waals surface area contributed by atoms with Gasteiger partial charge in [-0.2, -0.15) is 0 Å². The van der Waals surface area contributed by atoms with Crippen LogP contribution >= 0.6 is 11.3 Å². The fourth-order valence-electron chi connectivity index (χ4n) is 2.58. The Balaban J connectivity index is 1.79. The smallest absolute Gasteiger partial charge is 0.310 e. The summed E-state index contributed by atoms with van der Waals surface area (Å²) in [6.07, 6.45) is 0.623. The summed E-state index contributed by atoms with van der Waals surface area (Å²) in [7, 11) is 1.35. The van der Waals surface area contributed by atoms with Crippen molar-refractivity contribution in [3.05, 3.63) is 35.0 Å². The van der Waals surface area contributed by atoms with Crippen molar-refractivity contribution in [3.63, 3.8) is 0 Å². The maximum atomic E-state index is 13.2. The first kappa shape index (κ1) is 14.0. The summed E-state index contributed by atoms with van der Waals surface area (Å²) in [6.45, 7) is 0.926. The summed E-state index contributed by atoms with van der Waals surface area (Å²) in [5.41, 5.74) is 0. The number of halogens is 1. The first-order valence-electron chi connectivity index (χ1n) is 6.64. The van der Waals surface area contributed by atoms with Crippen molar-refractivity contribution in [2.75, 3.05) is 20.2 Å². The number of hydrogen-bond acceptors (Lipinski definition) is 4. The van der Waals surface area contributed by atoms with Crippen LogP contribution in [0.15, 0.2) is 24.3 Å². The van der Waals surface area contributed by atoms with Crippen LogP contribution < -0.4 is 0 Å². The number of amides is 1. The summed E-state index contributed by atoms with van der Waals surface area (Å²) in [4.78, 5) is 26.2. The average Bonchev–Trinajstić information content (AvgIpc) is 3.11. The van der Waals surface area contributed by atoms with Crippen LogP contribution in [-0.4, -0.2) is 37.0 Å². The number of methoxy groups -OCH3 is 1. The van der Waals surface area contributed by atoms with Crippen LogP contribution in [0, 0.1) is 11.7 Å². The van der Waals surface area contributed by atoms with Crippen LogP contribution in [0.2, 0.25) is 0 Å². The molecule has 0 aliphatic carbocycles. The van der Waals surface area contributed by atoms with E-state index in [1.807, 2.05) is 0 Å². The van der Waals surface area contributed by atoms with Gasteiger partial charge in [-0.1, -0.05) is 0 Å². The monoisotopic (exact) mass is 307 g/mol. The van der Waals surface area contributed by atoms with Crippen molar-refractivity contribution < 1.29 is 18.7 Å². The first-order valence-corrected chi connectivity index (χ1v) is 7.46. The Morgan fingerprint density at radius 2 is 2.19 bits per heavy atom. The predicted octanol–water partition coefficient (Wildman–Crippen LogP) is 2.68. The predicted molar refractivity (Wildman–Crippen MR) is 77.8 cm³/mol. The molecule has 4 nitrogen and oxygen atoms in total. The normalized spacial score (nSPS) is 18.2. The summed E-state index contributed by atoms with van der Waals surface area (Å²) in [6, 6.07) is 6.18. The van der Waals surface area contributed by atoms with Gasteiger partial charge in [0.1, 0.15) is 5.82 Å². The van der Waals surface area contributed by atoms with Crippen molar-refractivity contribution in [1.82, 2.24) is 4.90 Å². The average molecular weight is 307 g/mol. The number of nitrogens with zero attached hydrogens (tertiary/aromatic N) is 1. The van der Waals surface area contributed by atoms with Crippen LogP contribution in [0.4, 0.5) is 4.39 Å². The second kappa shape index (κ2) is 5.44. The largest absolute Gasteiger partial charge is 0.469 e. The standard InChI is InChI=1S/C15H14FNO3S/c1-20-15(19)9-4-5-17(8-9)14(18)13-7-10-6-11(16)2-3-12(10)21-13/h2-3,6-7,9H,4-5,8H2,1H3. The van der Waals surface area contributed by atoms with E-state index < -0.39 is 0 Å². The summed E-state index contributed by atoms with van der Waals surface area (Å²) < 4.78 is 18.8. The molecule has 0 bridgehead atoms. The van der Waals surface area contributed by atoms with E-state index in [9.17, 15) is 14.0 Å². The van der Waals surface area contributed by atoms with Gasteiger partial charge in [0.25, 0.3) is 5.91 Å². The summed E-state index contributed by atoms with van der Waals surface area (Å²) in [5, 5.41) is 0.729. The molecule has 2 aromatic rings. The molecule has 0 saturated carbocycles. The number of ether oxygens (including phenoxy) is 1. The Kier molecular flexibility index (Phi) is 3.63. The van der Waals surface area contributed by atoms with Gasteiger partial charge in [-0.05, 0) is 36.1 Å². The highest BCUT2D eigenvalue weighted by Gasteiger charge is 2.32.